The van der Waals surface area contributed by atoms with E-state index in [2.05, 4.69) is 23.0 Å². The van der Waals surface area contributed by atoms with E-state index in [0.717, 1.165) is 19.5 Å². The van der Waals surface area contributed by atoms with Crippen LogP contribution in [0.15, 0.2) is 0 Å². The third-order valence-electron chi connectivity index (χ3n) is 3.72. The van der Waals surface area contributed by atoms with Crippen molar-refractivity contribution in [3.63, 3.8) is 0 Å². The summed E-state index contributed by atoms with van der Waals surface area (Å²) in [5.41, 5.74) is 6.29. The zero-order valence-corrected chi connectivity index (χ0v) is 13.2. The van der Waals surface area contributed by atoms with Gasteiger partial charge in [-0.3, -0.25) is 0 Å². The summed E-state index contributed by atoms with van der Waals surface area (Å²) < 4.78 is 24.0. The van der Waals surface area contributed by atoms with E-state index >= 15 is 0 Å². The minimum atomic E-state index is -3.10. The van der Waals surface area contributed by atoms with Crippen LogP contribution < -0.4 is 10.6 Å². The summed E-state index contributed by atoms with van der Waals surface area (Å²) in [7, 11) is -3.10. The molecule has 21 heavy (non-hydrogen) atoms. The van der Waals surface area contributed by atoms with Gasteiger partial charge in [0.25, 0.3) is 0 Å². The van der Waals surface area contributed by atoms with Crippen LogP contribution in [-0.2, 0) is 16.4 Å². The highest BCUT2D eigenvalue weighted by molar-refractivity contribution is 7.90. The Bertz CT molecular complexity index is 659. The molecule has 0 aromatic carbocycles. The maximum Gasteiger partial charge on any atom is 0.170 e. The van der Waals surface area contributed by atoms with Gasteiger partial charge in [0, 0.05) is 19.3 Å². The van der Waals surface area contributed by atoms with Gasteiger partial charge >= 0.3 is 0 Å². The van der Waals surface area contributed by atoms with E-state index in [-0.39, 0.29) is 18.1 Å². The topological polar surface area (TPSA) is 105 Å². The number of piperidine rings is 1. The van der Waals surface area contributed by atoms with Gasteiger partial charge in [-0.1, -0.05) is 6.92 Å². The van der Waals surface area contributed by atoms with Crippen molar-refractivity contribution < 1.29 is 8.42 Å². The van der Waals surface area contributed by atoms with Gasteiger partial charge in [0.15, 0.2) is 5.82 Å². The Morgan fingerprint density at radius 2 is 2.24 bits per heavy atom. The second-order valence-electron chi connectivity index (χ2n) is 5.74. The first-order valence-corrected chi connectivity index (χ1v) is 9.07. The lowest BCUT2D eigenvalue weighted by atomic mass is 10.0. The van der Waals surface area contributed by atoms with E-state index < -0.39 is 9.84 Å². The van der Waals surface area contributed by atoms with Crippen molar-refractivity contribution in [2.75, 3.05) is 35.7 Å². The maximum atomic E-state index is 11.3. The van der Waals surface area contributed by atoms with Crippen LogP contribution in [0.4, 0.5) is 11.6 Å². The number of rotatable bonds is 4. The number of nitrogens with zero attached hydrogens (tertiary/aromatic N) is 4. The van der Waals surface area contributed by atoms with Crippen molar-refractivity contribution in [2.45, 2.75) is 26.3 Å². The second kappa shape index (κ2) is 5.93. The summed E-state index contributed by atoms with van der Waals surface area (Å²) >= 11 is 0. The molecule has 7 nitrogen and oxygen atoms in total. The molecule has 2 N–H and O–H groups in total. The van der Waals surface area contributed by atoms with Crippen molar-refractivity contribution >= 4 is 21.5 Å². The fourth-order valence-electron chi connectivity index (χ4n) is 2.59. The van der Waals surface area contributed by atoms with E-state index in [1.165, 1.54) is 17.4 Å². The molecule has 0 bridgehead atoms. The highest BCUT2D eigenvalue weighted by Gasteiger charge is 2.24. The minimum absolute atomic E-state index is 0.0421. The van der Waals surface area contributed by atoms with Crippen molar-refractivity contribution in [1.29, 1.82) is 5.26 Å². The summed E-state index contributed by atoms with van der Waals surface area (Å²) in [6.07, 6.45) is 3.40. The summed E-state index contributed by atoms with van der Waals surface area (Å²) in [5.74, 6) is 1.33. The van der Waals surface area contributed by atoms with Gasteiger partial charge in [0.2, 0.25) is 0 Å². The highest BCUT2D eigenvalue weighted by Crippen LogP contribution is 2.28. The fraction of sp³-hybridized carbons (Fsp3) is 0.692. The van der Waals surface area contributed by atoms with Crippen molar-refractivity contribution in [2.24, 2.45) is 5.92 Å². The van der Waals surface area contributed by atoms with Gasteiger partial charge < -0.3 is 10.6 Å². The van der Waals surface area contributed by atoms with Crippen LogP contribution in [-0.4, -0.2) is 43.3 Å². The van der Waals surface area contributed by atoms with Gasteiger partial charge in [-0.2, -0.15) is 10.4 Å². The molecule has 1 aliphatic rings. The molecule has 1 aromatic heterocycles. The molecule has 1 saturated heterocycles. The predicted octanol–water partition coefficient (Wildman–Crippen LogP) is 0.618. The van der Waals surface area contributed by atoms with Gasteiger partial charge in [0.1, 0.15) is 27.3 Å². The Hall–Kier alpha value is -1.75. The van der Waals surface area contributed by atoms with Crippen molar-refractivity contribution in [3.05, 3.63) is 5.56 Å². The Balaban J connectivity index is 2.28. The summed E-state index contributed by atoms with van der Waals surface area (Å²) in [6, 6.07) is 2.09. The van der Waals surface area contributed by atoms with Gasteiger partial charge in [-0.25, -0.2) is 13.1 Å². The van der Waals surface area contributed by atoms with Crippen LogP contribution in [0.25, 0.3) is 0 Å². The first kappa shape index (κ1) is 15.6. The monoisotopic (exact) mass is 311 g/mol. The number of sulfone groups is 1. The molecule has 2 rings (SSSR count). The van der Waals surface area contributed by atoms with Gasteiger partial charge in [-0.15, -0.1) is 0 Å². The molecule has 8 heteroatoms. The molecule has 0 aliphatic carbocycles. The molecule has 1 fully saturated rings. The van der Waals surface area contributed by atoms with E-state index in [1.807, 2.05) is 0 Å². The minimum Gasteiger partial charge on any atom is -0.383 e. The SMILES string of the molecule is CC1CCCN(c2nn(CCS(C)(=O)=O)c(N)c2C#N)C1. The number of hydrogen-bond acceptors (Lipinski definition) is 6. The first-order chi connectivity index (χ1) is 9.81. The molecular formula is C13H21N5O2S. The number of anilines is 2. The van der Waals surface area contributed by atoms with E-state index in [0.29, 0.717) is 17.3 Å². The number of nitriles is 1. The van der Waals surface area contributed by atoms with Gasteiger partial charge in [0.05, 0.1) is 12.3 Å². The third kappa shape index (κ3) is 3.67. The molecule has 0 saturated carbocycles. The van der Waals surface area contributed by atoms with E-state index in [1.54, 1.807) is 0 Å². The van der Waals surface area contributed by atoms with Crippen LogP contribution >= 0.6 is 0 Å². The molecule has 1 aliphatic heterocycles. The second-order valence-corrected chi connectivity index (χ2v) is 8.00. The number of nitrogens with two attached hydrogens (primary N) is 1. The smallest absolute Gasteiger partial charge is 0.170 e. The van der Waals surface area contributed by atoms with Gasteiger partial charge in [-0.05, 0) is 18.8 Å². The summed E-state index contributed by atoms with van der Waals surface area (Å²) in [4.78, 5) is 2.07. The van der Waals surface area contributed by atoms with Crippen LogP contribution in [0.5, 0.6) is 0 Å². The molecule has 0 spiro atoms. The zero-order valence-electron chi connectivity index (χ0n) is 12.4. The summed E-state index contributed by atoms with van der Waals surface area (Å²) in [6.45, 7) is 4.03. The number of aryl methyl sites for hydroxylation is 1. The van der Waals surface area contributed by atoms with E-state index in [9.17, 15) is 13.7 Å². The van der Waals surface area contributed by atoms with Crippen LogP contribution in [0.3, 0.4) is 0 Å². The Morgan fingerprint density at radius 1 is 1.52 bits per heavy atom. The predicted molar refractivity (Wildman–Crippen MR) is 81.7 cm³/mol. The zero-order chi connectivity index (χ0) is 15.6. The van der Waals surface area contributed by atoms with Crippen molar-refractivity contribution in [1.82, 2.24) is 9.78 Å². The number of nitrogen functional groups attached to an aromatic ring is 1. The van der Waals surface area contributed by atoms with Crippen LogP contribution in [0.1, 0.15) is 25.3 Å². The molecule has 1 aromatic rings. The molecule has 2 heterocycles. The lowest BCUT2D eigenvalue weighted by Gasteiger charge is -2.31. The van der Waals surface area contributed by atoms with Crippen LogP contribution in [0.2, 0.25) is 0 Å². The quantitative estimate of drug-likeness (QED) is 0.874. The first-order valence-electron chi connectivity index (χ1n) is 7.01. The number of aromatic nitrogens is 2. The molecular weight excluding hydrogens is 290 g/mol. The van der Waals surface area contributed by atoms with E-state index in [4.69, 9.17) is 5.73 Å². The maximum absolute atomic E-state index is 11.3. The Kier molecular flexibility index (Phi) is 4.42. The lowest BCUT2D eigenvalue weighted by molar-refractivity contribution is 0.443. The average Bonchev–Trinajstić information content (AvgIpc) is 2.72. The Labute approximate surface area is 125 Å². The van der Waals surface area contributed by atoms with Crippen molar-refractivity contribution in [3.8, 4) is 6.07 Å². The Morgan fingerprint density at radius 3 is 2.81 bits per heavy atom. The molecule has 116 valence electrons. The molecule has 1 unspecified atom stereocenters. The summed E-state index contributed by atoms with van der Waals surface area (Å²) in [5, 5.41) is 13.7. The molecule has 1 atom stereocenters. The lowest BCUT2D eigenvalue weighted by Crippen LogP contribution is -2.35. The van der Waals surface area contributed by atoms with Crippen LogP contribution in [0, 0.1) is 17.2 Å². The standard InChI is InChI=1S/C13H21N5O2S/c1-10-4-3-5-17(9-10)13-11(8-14)12(15)18(16-13)6-7-21(2,19)20/h10H,3-7,9,15H2,1-2H3. The largest absolute Gasteiger partial charge is 0.383 e. The normalized spacial score (nSPS) is 19.5. The average molecular weight is 311 g/mol. The molecule has 0 radical (unpaired) electrons. The highest BCUT2D eigenvalue weighted by atomic mass is 32.2. The third-order valence-corrected chi connectivity index (χ3v) is 4.64. The fourth-order valence-corrected chi connectivity index (χ4v) is 3.10. The molecule has 0 amide bonds. The number of hydrogen-bond donors (Lipinski definition) is 1.